The topological polar surface area (TPSA) is 55.1 Å². The van der Waals surface area contributed by atoms with E-state index in [4.69, 9.17) is 5.73 Å². The highest BCUT2D eigenvalue weighted by molar-refractivity contribution is 5.76. The van der Waals surface area contributed by atoms with E-state index in [2.05, 4.69) is 37.4 Å². The van der Waals surface area contributed by atoms with Crippen LogP contribution in [-0.2, 0) is 11.3 Å². The molecule has 1 saturated carbocycles. The van der Waals surface area contributed by atoms with E-state index in [-0.39, 0.29) is 11.8 Å². The second-order valence-corrected chi connectivity index (χ2v) is 5.71. The Bertz CT molecular complexity index is 436. The van der Waals surface area contributed by atoms with Crippen LogP contribution < -0.4 is 11.1 Å². The fraction of sp³-hybridized carbons (Fsp3) is 0.562. The van der Waals surface area contributed by atoms with Gasteiger partial charge in [-0.1, -0.05) is 24.6 Å². The molecule has 1 aliphatic carbocycles. The molecule has 1 aromatic rings. The Labute approximate surface area is 115 Å². The Balaban J connectivity index is 1.93. The number of rotatable bonds is 4. The van der Waals surface area contributed by atoms with E-state index in [9.17, 15) is 4.79 Å². The second kappa shape index (κ2) is 6.20. The van der Waals surface area contributed by atoms with Crippen LogP contribution in [0.15, 0.2) is 18.2 Å². The number of nitrogens with one attached hydrogen (secondary N) is 1. The molecule has 0 spiro atoms. The first-order valence-electron chi connectivity index (χ1n) is 7.15. The third-order valence-electron chi connectivity index (χ3n) is 4.29. The van der Waals surface area contributed by atoms with Crippen molar-refractivity contribution in [3.05, 3.63) is 34.9 Å². The van der Waals surface area contributed by atoms with Gasteiger partial charge in [0.25, 0.3) is 0 Å². The lowest BCUT2D eigenvalue weighted by atomic mass is 9.85. The number of aryl methyl sites for hydroxylation is 2. The molecule has 0 saturated heterocycles. The molecule has 0 bridgehead atoms. The van der Waals surface area contributed by atoms with Crippen LogP contribution in [0.25, 0.3) is 0 Å². The number of primary amides is 1. The number of benzene rings is 1. The number of carbonyl (C=O) groups excluding carboxylic acids is 1. The number of hydrogen-bond donors (Lipinski definition) is 2. The molecule has 0 aliphatic heterocycles. The summed E-state index contributed by atoms with van der Waals surface area (Å²) in [7, 11) is 0. The summed E-state index contributed by atoms with van der Waals surface area (Å²) in [5, 5.41) is 3.60. The van der Waals surface area contributed by atoms with E-state index in [1.54, 1.807) is 0 Å². The summed E-state index contributed by atoms with van der Waals surface area (Å²) in [6, 6.07) is 6.82. The number of hydrogen-bond acceptors (Lipinski definition) is 2. The van der Waals surface area contributed by atoms with Crippen LogP contribution in [0.4, 0.5) is 0 Å². The standard InChI is InChI=1S/C16H24N2O/c1-11-5-3-6-12(2)15(11)10-18-14-8-4-7-13(9-14)16(17)19/h3,5-6,13-14,18H,4,7-10H2,1-2H3,(H2,17,19)/t13-,14+/m0/s1. The van der Waals surface area contributed by atoms with Crippen molar-refractivity contribution in [3.8, 4) is 0 Å². The molecule has 1 amide bonds. The molecule has 0 unspecified atom stereocenters. The number of nitrogens with two attached hydrogens (primary N) is 1. The predicted octanol–water partition coefficient (Wildman–Crippen LogP) is 2.44. The summed E-state index contributed by atoms with van der Waals surface area (Å²) in [5.41, 5.74) is 9.45. The fourth-order valence-electron chi connectivity index (χ4n) is 3.01. The Morgan fingerprint density at radius 2 is 2.00 bits per heavy atom. The van der Waals surface area contributed by atoms with Gasteiger partial charge in [-0.3, -0.25) is 4.79 Å². The molecule has 0 aromatic heterocycles. The largest absolute Gasteiger partial charge is 0.369 e. The highest BCUT2D eigenvalue weighted by Crippen LogP contribution is 2.24. The molecule has 19 heavy (non-hydrogen) atoms. The molecule has 0 heterocycles. The van der Waals surface area contributed by atoms with Crippen LogP contribution in [0.5, 0.6) is 0 Å². The number of amides is 1. The van der Waals surface area contributed by atoms with E-state index in [1.807, 2.05) is 0 Å². The van der Waals surface area contributed by atoms with Gasteiger partial charge in [-0.15, -0.1) is 0 Å². The Morgan fingerprint density at radius 3 is 2.63 bits per heavy atom. The molecule has 3 N–H and O–H groups in total. The zero-order valence-corrected chi connectivity index (χ0v) is 11.9. The Hall–Kier alpha value is -1.35. The van der Waals surface area contributed by atoms with Gasteiger partial charge in [0.05, 0.1) is 0 Å². The summed E-state index contributed by atoms with van der Waals surface area (Å²) in [6.07, 6.45) is 4.09. The molecule has 104 valence electrons. The smallest absolute Gasteiger partial charge is 0.220 e. The lowest BCUT2D eigenvalue weighted by Gasteiger charge is -2.28. The quantitative estimate of drug-likeness (QED) is 0.873. The van der Waals surface area contributed by atoms with Crippen LogP contribution >= 0.6 is 0 Å². The minimum absolute atomic E-state index is 0.0595. The lowest BCUT2D eigenvalue weighted by molar-refractivity contribution is -0.122. The van der Waals surface area contributed by atoms with Gasteiger partial charge in [-0.05, 0) is 49.8 Å². The molecule has 3 nitrogen and oxygen atoms in total. The van der Waals surface area contributed by atoms with Crippen LogP contribution in [-0.4, -0.2) is 11.9 Å². The van der Waals surface area contributed by atoms with Crippen molar-refractivity contribution >= 4 is 5.91 Å². The van der Waals surface area contributed by atoms with Crippen molar-refractivity contribution in [2.75, 3.05) is 0 Å². The molecule has 2 atom stereocenters. The predicted molar refractivity (Wildman–Crippen MR) is 77.7 cm³/mol. The van der Waals surface area contributed by atoms with Crippen molar-refractivity contribution in [3.63, 3.8) is 0 Å². The highest BCUT2D eigenvalue weighted by atomic mass is 16.1. The average Bonchev–Trinajstić information content (AvgIpc) is 2.38. The summed E-state index contributed by atoms with van der Waals surface area (Å²) < 4.78 is 0. The first-order valence-corrected chi connectivity index (χ1v) is 7.15. The minimum Gasteiger partial charge on any atom is -0.369 e. The van der Waals surface area contributed by atoms with E-state index < -0.39 is 0 Å². The van der Waals surface area contributed by atoms with Crippen molar-refractivity contribution in [1.82, 2.24) is 5.32 Å². The first-order chi connectivity index (χ1) is 9.08. The van der Waals surface area contributed by atoms with Crippen LogP contribution in [0.3, 0.4) is 0 Å². The zero-order chi connectivity index (χ0) is 13.8. The molecular weight excluding hydrogens is 236 g/mol. The molecule has 1 aromatic carbocycles. The van der Waals surface area contributed by atoms with Crippen molar-refractivity contribution < 1.29 is 4.79 Å². The lowest BCUT2D eigenvalue weighted by Crippen LogP contribution is -2.38. The van der Waals surface area contributed by atoms with Gasteiger partial charge in [-0.2, -0.15) is 0 Å². The molecule has 2 rings (SSSR count). The minimum atomic E-state index is -0.140. The molecule has 3 heteroatoms. The molecular formula is C16H24N2O. The summed E-state index contributed by atoms with van der Waals surface area (Å²) in [6.45, 7) is 5.18. The van der Waals surface area contributed by atoms with Crippen LogP contribution in [0, 0.1) is 19.8 Å². The van der Waals surface area contributed by atoms with E-state index >= 15 is 0 Å². The highest BCUT2D eigenvalue weighted by Gasteiger charge is 2.25. The third kappa shape index (κ3) is 3.57. The van der Waals surface area contributed by atoms with E-state index in [1.165, 1.54) is 16.7 Å². The maximum atomic E-state index is 11.3. The average molecular weight is 260 g/mol. The van der Waals surface area contributed by atoms with Crippen LogP contribution in [0.1, 0.15) is 42.4 Å². The van der Waals surface area contributed by atoms with Gasteiger partial charge in [0.1, 0.15) is 0 Å². The van der Waals surface area contributed by atoms with Gasteiger partial charge >= 0.3 is 0 Å². The second-order valence-electron chi connectivity index (χ2n) is 5.71. The van der Waals surface area contributed by atoms with Crippen LogP contribution in [0.2, 0.25) is 0 Å². The van der Waals surface area contributed by atoms with Gasteiger partial charge in [0.15, 0.2) is 0 Å². The van der Waals surface area contributed by atoms with Crippen molar-refractivity contribution in [2.45, 2.75) is 52.1 Å². The van der Waals surface area contributed by atoms with E-state index in [0.717, 1.165) is 32.2 Å². The monoisotopic (exact) mass is 260 g/mol. The summed E-state index contributed by atoms with van der Waals surface area (Å²) >= 11 is 0. The molecule has 0 radical (unpaired) electrons. The Kier molecular flexibility index (Phi) is 4.59. The molecule has 1 fully saturated rings. The number of carbonyl (C=O) groups is 1. The zero-order valence-electron chi connectivity index (χ0n) is 11.9. The van der Waals surface area contributed by atoms with Gasteiger partial charge in [-0.25, -0.2) is 0 Å². The van der Waals surface area contributed by atoms with Gasteiger partial charge in [0.2, 0.25) is 5.91 Å². The first kappa shape index (κ1) is 14.1. The summed E-state index contributed by atoms with van der Waals surface area (Å²) in [4.78, 5) is 11.3. The maximum Gasteiger partial charge on any atom is 0.220 e. The normalized spacial score (nSPS) is 23.3. The Morgan fingerprint density at radius 1 is 1.32 bits per heavy atom. The maximum absolute atomic E-state index is 11.3. The van der Waals surface area contributed by atoms with E-state index in [0.29, 0.717) is 6.04 Å². The van der Waals surface area contributed by atoms with Crippen molar-refractivity contribution in [2.24, 2.45) is 11.7 Å². The molecule has 1 aliphatic rings. The summed E-state index contributed by atoms with van der Waals surface area (Å²) in [5.74, 6) is -0.0808. The van der Waals surface area contributed by atoms with Crippen molar-refractivity contribution in [1.29, 1.82) is 0 Å². The fourth-order valence-corrected chi connectivity index (χ4v) is 3.01. The van der Waals surface area contributed by atoms with Gasteiger partial charge in [0, 0.05) is 18.5 Å². The SMILES string of the molecule is Cc1cccc(C)c1CN[C@@H]1CCC[C@H](C(N)=O)C1. The third-order valence-corrected chi connectivity index (χ3v) is 4.29. The van der Waals surface area contributed by atoms with Gasteiger partial charge < -0.3 is 11.1 Å².